The van der Waals surface area contributed by atoms with Crippen molar-refractivity contribution in [3.05, 3.63) is 113 Å². The van der Waals surface area contributed by atoms with Crippen molar-refractivity contribution in [2.75, 3.05) is 13.2 Å². The van der Waals surface area contributed by atoms with Gasteiger partial charge in [-0.05, 0) is 77.4 Å². The number of unbranched alkanes of at least 4 members (excludes halogenated alkanes) is 1. The third-order valence-electron chi connectivity index (χ3n) is 5.60. The highest BCUT2D eigenvalue weighted by Gasteiger charge is 2.22. The Morgan fingerprint density at radius 3 is 2.41 bits per heavy atom. The van der Waals surface area contributed by atoms with E-state index in [4.69, 9.17) is 15.1 Å². The lowest BCUT2D eigenvalue weighted by atomic mass is 9.89. The summed E-state index contributed by atoms with van der Waals surface area (Å²) in [6, 6.07) is 23.3. The fourth-order valence-corrected chi connectivity index (χ4v) is 4.68. The second kappa shape index (κ2) is 14.0. The zero-order chi connectivity index (χ0) is 26.5. The molecule has 1 atom stereocenters. The molecule has 0 saturated heterocycles. The van der Waals surface area contributed by atoms with Crippen LogP contribution in [0.4, 0.5) is 0 Å². The average molecular weight is 522 g/mol. The highest BCUT2D eigenvalue weighted by atomic mass is 32.2. The van der Waals surface area contributed by atoms with Gasteiger partial charge in [0, 0.05) is 11.5 Å². The van der Waals surface area contributed by atoms with Gasteiger partial charge in [0.2, 0.25) is 0 Å². The molecule has 0 heterocycles. The van der Waals surface area contributed by atoms with Crippen LogP contribution in [-0.2, 0) is 26.1 Å². The number of sulfonamides is 1. The Hall–Kier alpha value is -3.85. The minimum atomic E-state index is -4.06. The summed E-state index contributed by atoms with van der Waals surface area (Å²) in [7, 11) is -4.06. The summed E-state index contributed by atoms with van der Waals surface area (Å²) in [5.41, 5.74) is 10.5. The van der Waals surface area contributed by atoms with Crippen molar-refractivity contribution in [1.29, 1.82) is 0 Å². The van der Waals surface area contributed by atoms with Gasteiger partial charge in [-0.2, -0.15) is 0 Å². The molecule has 9 nitrogen and oxygen atoms in total. The number of nitrogens with zero attached hydrogens (tertiary/aromatic N) is 3. The lowest BCUT2D eigenvalue weighted by Gasteiger charge is -2.18. The van der Waals surface area contributed by atoms with Gasteiger partial charge in [-0.15, -0.1) is 0 Å². The van der Waals surface area contributed by atoms with Gasteiger partial charge >= 0.3 is 5.97 Å². The summed E-state index contributed by atoms with van der Waals surface area (Å²) in [4.78, 5) is 22.2. The summed E-state index contributed by atoms with van der Waals surface area (Å²) < 4.78 is 30.8. The number of hydrogen-bond acceptors (Lipinski definition) is 6. The van der Waals surface area contributed by atoms with E-state index in [0.717, 1.165) is 24.0 Å². The molecule has 37 heavy (non-hydrogen) atoms. The fourth-order valence-electron chi connectivity index (χ4n) is 3.72. The molecule has 0 aliphatic rings. The Kier molecular flexibility index (Phi) is 10.5. The largest absolute Gasteiger partial charge is 0.494 e. The van der Waals surface area contributed by atoms with Crippen molar-refractivity contribution in [3.63, 3.8) is 0 Å². The molecule has 3 aromatic rings. The molecule has 1 N–H and O–H groups in total. The minimum Gasteiger partial charge on any atom is -0.494 e. The first-order chi connectivity index (χ1) is 17.9. The Balaban J connectivity index is 1.64. The van der Waals surface area contributed by atoms with Crippen LogP contribution in [0.1, 0.15) is 41.9 Å². The molecule has 0 bridgehead atoms. The first kappa shape index (κ1) is 27.7. The zero-order valence-electron chi connectivity index (χ0n) is 20.3. The number of benzene rings is 3. The van der Waals surface area contributed by atoms with E-state index in [1.54, 1.807) is 18.2 Å². The van der Waals surface area contributed by atoms with Gasteiger partial charge in [-0.25, -0.2) is 8.42 Å². The van der Waals surface area contributed by atoms with Crippen LogP contribution in [0.2, 0.25) is 0 Å². The second-order valence-corrected chi connectivity index (χ2v) is 9.95. The molecule has 0 amide bonds. The number of carbonyl (C=O) groups is 1. The van der Waals surface area contributed by atoms with Crippen LogP contribution >= 0.6 is 0 Å². The SMILES string of the molecule is [CH2]c1ccccc1S(=O)(=O)NOC(=O)C[C@H](Cc1ccccc1)c1ccc(OCCCCN=[N+]=[N-])cc1. The number of azide groups is 1. The number of rotatable bonds is 14. The molecule has 0 aliphatic carbocycles. The van der Waals surface area contributed by atoms with Crippen molar-refractivity contribution in [1.82, 2.24) is 4.89 Å². The summed E-state index contributed by atoms with van der Waals surface area (Å²) in [5, 5.41) is 3.50. The third kappa shape index (κ3) is 8.95. The van der Waals surface area contributed by atoms with E-state index in [9.17, 15) is 13.2 Å². The predicted molar refractivity (Wildman–Crippen MR) is 140 cm³/mol. The van der Waals surface area contributed by atoms with E-state index in [-0.39, 0.29) is 17.2 Å². The first-order valence-electron chi connectivity index (χ1n) is 11.8. The lowest BCUT2D eigenvalue weighted by Crippen LogP contribution is -2.28. The van der Waals surface area contributed by atoms with Crippen molar-refractivity contribution < 1.29 is 22.8 Å². The van der Waals surface area contributed by atoms with Crippen LogP contribution in [0.5, 0.6) is 5.75 Å². The quantitative estimate of drug-likeness (QED) is 0.0985. The number of ether oxygens (including phenoxy) is 1. The number of hydrogen-bond donors (Lipinski definition) is 1. The first-order valence-corrected chi connectivity index (χ1v) is 13.3. The number of carbonyl (C=O) groups excluding carboxylic acids is 1. The second-order valence-electron chi connectivity index (χ2n) is 8.34. The molecule has 0 saturated carbocycles. The Bertz CT molecular complexity index is 1310. The standard InChI is InChI=1S/C27H29N4O5S/c1-21-9-5-6-12-26(21)37(33,34)31-36-27(32)20-24(19-22-10-3-2-4-11-22)23-13-15-25(16-14-23)35-18-8-7-17-29-30-28/h2-6,9-16,24,31H,1,7-8,17-20H2/t24-/m0/s1. The average Bonchev–Trinajstić information content (AvgIpc) is 2.90. The lowest BCUT2D eigenvalue weighted by molar-refractivity contribution is -0.147. The Labute approximate surface area is 217 Å². The van der Waals surface area contributed by atoms with E-state index < -0.39 is 16.0 Å². The fraction of sp³-hybridized carbons (Fsp3) is 0.259. The maximum atomic E-state index is 12.7. The topological polar surface area (TPSA) is 130 Å². The van der Waals surface area contributed by atoms with Crippen LogP contribution < -0.4 is 9.62 Å². The summed E-state index contributed by atoms with van der Waals surface area (Å²) >= 11 is 0. The molecule has 0 spiro atoms. The molecule has 0 unspecified atom stereocenters. The van der Waals surface area contributed by atoms with Gasteiger partial charge in [0.05, 0.1) is 17.9 Å². The summed E-state index contributed by atoms with van der Waals surface area (Å²) in [5.74, 6) is -0.267. The maximum absolute atomic E-state index is 12.7. The van der Waals surface area contributed by atoms with Gasteiger partial charge in [-0.3, -0.25) is 4.79 Å². The van der Waals surface area contributed by atoms with E-state index in [1.165, 1.54) is 6.07 Å². The summed E-state index contributed by atoms with van der Waals surface area (Å²) in [6.45, 7) is 4.64. The smallest absolute Gasteiger partial charge is 0.326 e. The van der Waals surface area contributed by atoms with E-state index in [2.05, 4.69) is 16.9 Å². The molecule has 193 valence electrons. The highest BCUT2D eigenvalue weighted by molar-refractivity contribution is 7.89. The van der Waals surface area contributed by atoms with Crippen molar-refractivity contribution in [3.8, 4) is 5.75 Å². The van der Waals surface area contributed by atoms with Crippen LogP contribution in [0.25, 0.3) is 10.4 Å². The summed E-state index contributed by atoms with van der Waals surface area (Å²) in [6.07, 6.45) is 2.03. The van der Waals surface area contributed by atoms with E-state index >= 15 is 0 Å². The van der Waals surface area contributed by atoms with Gasteiger partial charge < -0.3 is 9.57 Å². The van der Waals surface area contributed by atoms with Crippen molar-refractivity contribution >= 4 is 16.0 Å². The number of nitrogens with one attached hydrogen (secondary N) is 1. The molecular formula is C27H29N4O5S. The van der Waals surface area contributed by atoms with Gasteiger partial charge in [0.15, 0.2) is 0 Å². The van der Waals surface area contributed by atoms with E-state index in [1.807, 2.05) is 59.5 Å². The van der Waals surface area contributed by atoms with Gasteiger partial charge in [-0.1, -0.05) is 65.8 Å². The van der Waals surface area contributed by atoms with Crippen molar-refractivity contribution in [2.24, 2.45) is 5.11 Å². The highest BCUT2D eigenvalue weighted by Crippen LogP contribution is 2.27. The molecule has 0 aromatic heterocycles. The minimum absolute atomic E-state index is 0.0386. The molecule has 0 fully saturated rings. The van der Waals surface area contributed by atoms with Crippen molar-refractivity contribution in [2.45, 2.75) is 36.5 Å². The zero-order valence-corrected chi connectivity index (χ0v) is 21.1. The Morgan fingerprint density at radius 2 is 1.70 bits per heavy atom. The third-order valence-corrected chi connectivity index (χ3v) is 6.88. The predicted octanol–water partition coefficient (Wildman–Crippen LogP) is 5.49. The molecular weight excluding hydrogens is 492 g/mol. The molecule has 3 rings (SSSR count). The van der Waals surface area contributed by atoms with Gasteiger partial charge in [0.25, 0.3) is 10.0 Å². The van der Waals surface area contributed by atoms with Crippen LogP contribution in [0, 0.1) is 6.92 Å². The normalized spacial score (nSPS) is 11.8. The Morgan fingerprint density at radius 1 is 1.00 bits per heavy atom. The van der Waals surface area contributed by atoms with Crippen LogP contribution in [0.3, 0.4) is 0 Å². The van der Waals surface area contributed by atoms with Crippen LogP contribution in [-0.4, -0.2) is 27.5 Å². The monoisotopic (exact) mass is 521 g/mol. The molecule has 3 aromatic carbocycles. The van der Waals surface area contributed by atoms with E-state index in [0.29, 0.717) is 30.9 Å². The van der Waals surface area contributed by atoms with Crippen LogP contribution in [0.15, 0.2) is 88.9 Å². The molecule has 0 aliphatic heterocycles. The maximum Gasteiger partial charge on any atom is 0.326 e. The molecule has 1 radical (unpaired) electrons. The van der Waals surface area contributed by atoms with Gasteiger partial charge in [0.1, 0.15) is 5.75 Å². The molecule has 10 heteroatoms.